The van der Waals surface area contributed by atoms with Crippen molar-refractivity contribution in [1.29, 1.82) is 5.26 Å². The lowest BCUT2D eigenvalue weighted by atomic mass is 10.2. The highest BCUT2D eigenvalue weighted by molar-refractivity contribution is 7.89. The van der Waals surface area contributed by atoms with Gasteiger partial charge >= 0.3 is 0 Å². The number of benzene rings is 1. The molecule has 0 bridgehead atoms. The van der Waals surface area contributed by atoms with Gasteiger partial charge in [0.15, 0.2) is 0 Å². The summed E-state index contributed by atoms with van der Waals surface area (Å²) in [4.78, 5) is 0.0995. The van der Waals surface area contributed by atoms with E-state index < -0.39 is 10.0 Å². The Morgan fingerprint density at radius 3 is 2.75 bits per heavy atom. The largest absolute Gasteiger partial charge is 0.375 e. The van der Waals surface area contributed by atoms with E-state index in [0.717, 1.165) is 0 Å². The van der Waals surface area contributed by atoms with Crippen molar-refractivity contribution in [3.8, 4) is 6.07 Å². The average Bonchev–Trinajstić information content (AvgIpc) is 2.41. The number of nitrogens with zero attached hydrogens (tertiary/aromatic N) is 2. The fraction of sp³-hybridized carbons (Fsp3) is 0.462. The van der Waals surface area contributed by atoms with E-state index in [0.29, 0.717) is 13.2 Å². The van der Waals surface area contributed by atoms with Crippen LogP contribution < -0.4 is 0 Å². The second kappa shape index (κ2) is 5.70. The molecule has 7 heteroatoms. The van der Waals surface area contributed by atoms with Gasteiger partial charge in [-0.15, -0.1) is 0 Å². The van der Waals surface area contributed by atoms with Crippen LogP contribution in [-0.4, -0.2) is 38.0 Å². The molecule has 0 radical (unpaired) electrons. The third-order valence-electron chi connectivity index (χ3n) is 3.22. The summed E-state index contributed by atoms with van der Waals surface area (Å²) >= 11 is 5.91. The summed E-state index contributed by atoms with van der Waals surface area (Å²) < 4.78 is 32.1. The van der Waals surface area contributed by atoms with Crippen LogP contribution in [0.5, 0.6) is 0 Å². The van der Waals surface area contributed by atoms with Crippen molar-refractivity contribution >= 4 is 21.6 Å². The second-order valence-electron chi connectivity index (χ2n) is 4.82. The summed E-state index contributed by atoms with van der Waals surface area (Å²) in [6.45, 7) is 4.31. The molecule has 0 aromatic heterocycles. The van der Waals surface area contributed by atoms with E-state index in [1.807, 2.05) is 13.0 Å². The van der Waals surface area contributed by atoms with E-state index >= 15 is 0 Å². The number of hydrogen-bond donors (Lipinski definition) is 0. The zero-order chi connectivity index (χ0) is 14.9. The number of nitriles is 1. The molecule has 1 saturated heterocycles. The summed E-state index contributed by atoms with van der Waals surface area (Å²) in [5, 5.41) is 8.97. The molecular weight excluding hydrogens is 300 g/mol. The molecule has 1 aromatic carbocycles. The van der Waals surface area contributed by atoms with E-state index in [1.54, 1.807) is 6.92 Å². The maximum absolute atomic E-state index is 12.6. The van der Waals surface area contributed by atoms with Gasteiger partial charge in [0.2, 0.25) is 10.0 Å². The highest BCUT2D eigenvalue weighted by Crippen LogP contribution is 2.26. The van der Waals surface area contributed by atoms with Crippen molar-refractivity contribution in [3.63, 3.8) is 0 Å². The minimum atomic E-state index is -3.63. The minimum Gasteiger partial charge on any atom is -0.375 e. The predicted molar refractivity (Wildman–Crippen MR) is 74.9 cm³/mol. The Morgan fingerprint density at radius 2 is 2.15 bits per heavy atom. The first-order chi connectivity index (χ1) is 9.36. The molecule has 1 heterocycles. The number of sulfonamides is 1. The van der Waals surface area contributed by atoms with Gasteiger partial charge in [-0.2, -0.15) is 9.57 Å². The third kappa shape index (κ3) is 2.81. The predicted octanol–water partition coefficient (Wildman–Crippen LogP) is 2.01. The molecule has 0 spiro atoms. The lowest BCUT2D eigenvalue weighted by Gasteiger charge is -2.35. The zero-order valence-electron chi connectivity index (χ0n) is 11.2. The molecule has 1 aromatic rings. The van der Waals surface area contributed by atoms with Gasteiger partial charge in [0, 0.05) is 12.6 Å². The van der Waals surface area contributed by atoms with Crippen molar-refractivity contribution in [2.75, 3.05) is 13.2 Å². The van der Waals surface area contributed by atoms with Gasteiger partial charge in [-0.1, -0.05) is 11.6 Å². The lowest BCUT2D eigenvalue weighted by molar-refractivity contribution is -0.0170. The van der Waals surface area contributed by atoms with Crippen LogP contribution in [0.3, 0.4) is 0 Å². The Morgan fingerprint density at radius 1 is 1.45 bits per heavy atom. The van der Waals surface area contributed by atoms with Gasteiger partial charge in [0.25, 0.3) is 0 Å². The highest BCUT2D eigenvalue weighted by atomic mass is 35.5. The maximum Gasteiger partial charge on any atom is 0.243 e. The topological polar surface area (TPSA) is 70.4 Å². The van der Waals surface area contributed by atoms with Gasteiger partial charge in [-0.25, -0.2) is 8.42 Å². The summed E-state index contributed by atoms with van der Waals surface area (Å²) in [7, 11) is -3.63. The van der Waals surface area contributed by atoms with Gasteiger partial charge in [-0.05, 0) is 32.0 Å². The lowest BCUT2D eigenvalue weighted by Crippen LogP contribution is -2.50. The zero-order valence-corrected chi connectivity index (χ0v) is 12.8. The van der Waals surface area contributed by atoms with E-state index in [4.69, 9.17) is 21.6 Å². The van der Waals surface area contributed by atoms with Crippen LogP contribution in [0.25, 0.3) is 0 Å². The standard InChI is InChI=1S/C13H15ClN2O3S/c1-9-8-19-10(2)7-16(9)20(17,18)12-4-3-11(6-15)13(14)5-12/h3-5,9-10H,7-8H2,1-2H3/t9-,10+/m0/s1. The van der Waals surface area contributed by atoms with E-state index in [9.17, 15) is 8.42 Å². The first-order valence-electron chi connectivity index (χ1n) is 6.19. The fourth-order valence-electron chi connectivity index (χ4n) is 2.09. The molecule has 0 N–H and O–H groups in total. The quantitative estimate of drug-likeness (QED) is 0.837. The smallest absolute Gasteiger partial charge is 0.243 e. The van der Waals surface area contributed by atoms with Crippen LogP contribution in [0.15, 0.2) is 23.1 Å². The SMILES string of the molecule is C[C@@H]1CN(S(=O)(=O)c2ccc(C#N)c(Cl)c2)[C@@H](C)CO1. The van der Waals surface area contributed by atoms with Gasteiger partial charge in [0.1, 0.15) is 6.07 Å². The summed E-state index contributed by atoms with van der Waals surface area (Å²) in [6, 6.07) is 5.83. The Balaban J connectivity index is 2.39. The average molecular weight is 315 g/mol. The van der Waals surface area contributed by atoms with Crippen molar-refractivity contribution in [3.05, 3.63) is 28.8 Å². The van der Waals surface area contributed by atoms with Gasteiger partial charge in [-0.3, -0.25) is 0 Å². The fourth-order valence-corrected chi connectivity index (χ4v) is 4.10. The molecule has 0 saturated carbocycles. The third-order valence-corrected chi connectivity index (χ3v) is 5.51. The van der Waals surface area contributed by atoms with Crippen LogP contribution in [0.4, 0.5) is 0 Å². The number of morpholine rings is 1. The Hall–Kier alpha value is -1.13. The molecule has 0 amide bonds. The molecule has 1 aliphatic heterocycles. The van der Waals surface area contributed by atoms with E-state index in [1.165, 1.54) is 22.5 Å². The number of ether oxygens (including phenoxy) is 1. The molecule has 0 unspecified atom stereocenters. The van der Waals surface area contributed by atoms with Crippen molar-refractivity contribution in [2.45, 2.75) is 30.9 Å². The monoisotopic (exact) mass is 314 g/mol. The number of rotatable bonds is 2. The molecule has 2 atom stereocenters. The van der Waals surface area contributed by atoms with Crippen LogP contribution in [0.1, 0.15) is 19.4 Å². The Bertz CT molecular complexity index is 654. The molecule has 108 valence electrons. The summed E-state index contributed by atoms with van der Waals surface area (Å²) in [6.07, 6.45) is -0.144. The summed E-state index contributed by atoms with van der Waals surface area (Å²) in [5.41, 5.74) is 0.258. The molecule has 20 heavy (non-hydrogen) atoms. The first-order valence-corrected chi connectivity index (χ1v) is 8.01. The van der Waals surface area contributed by atoms with Crippen LogP contribution >= 0.6 is 11.6 Å². The van der Waals surface area contributed by atoms with E-state index in [2.05, 4.69) is 0 Å². The number of hydrogen-bond acceptors (Lipinski definition) is 4. The molecule has 5 nitrogen and oxygen atoms in total. The highest BCUT2D eigenvalue weighted by Gasteiger charge is 2.34. The first kappa shape index (κ1) is 15.3. The van der Waals surface area contributed by atoms with Gasteiger partial charge < -0.3 is 4.74 Å². The van der Waals surface area contributed by atoms with Crippen LogP contribution in [-0.2, 0) is 14.8 Å². The van der Waals surface area contributed by atoms with Crippen molar-refractivity contribution in [1.82, 2.24) is 4.31 Å². The molecule has 1 aliphatic rings. The van der Waals surface area contributed by atoms with Crippen LogP contribution in [0.2, 0.25) is 5.02 Å². The maximum atomic E-state index is 12.6. The molecular formula is C13H15ClN2O3S. The molecule has 1 fully saturated rings. The Labute approximate surface area is 123 Å². The molecule has 0 aliphatic carbocycles. The molecule has 2 rings (SSSR count). The second-order valence-corrected chi connectivity index (χ2v) is 7.12. The van der Waals surface area contributed by atoms with Crippen molar-refractivity contribution in [2.24, 2.45) is 0 Å². The number of halogens is 1. The minimum absolute atomic E-state index is 0.0995. The van der Waals surface area contributed by atoms with Crippen molar-refractivity contribution < 1.29 is 13.2 Å². The normalized spacial score (nSPS) is 24.3. The van der Waals surface area contributed by atoms with E-state index in [-0.39, 0.29) is 27.6 Å². The summed E-state index contributed by atoms with van der Waals surface area (Å²) in [5.74, 6) is 0. The van der Waals surface area contributed by atoms with Gasteiger partial charge in [0.05, 0.1) is 28.2 Å². The Kier molecular flexibility index (Phi) is 4.35. The van der Waals surface area contributed by atoms with Crippen LogP contribution in [0, 0.1) is 11.3 Å².